The number of carbonyl (C=O) groups excluding carboxylic acids is 3. The van der Waals surface area contributed by atoms with Crippen LogP contribution in [-0.2, 0) is 9.53 Å². The van der Waals surface area contributed by atoms with E-state index in [1.54, 1.807) is 33.9 Å². The van der Waals surface area contributed by atoms with Gasteiger partial charge in [0, 0.05) is 57.2 Å². The monoisotopic (exact) mass is 389 g/mol. The van der Waals surface area contributed by atoms with Crippen molar-refractivity contribution in [3.05, 3.63) is 24.0 Å². The molecule has 0 bridgehead atoms. The highest BCUT2D eigenvalue weighted by atomic mass is 16.6. The summed E-state index contributed by atoms with van der Waals surface area (Å²) in [6, 6.07) is 3.84. The predicted molar refractivity (Wildman–Crippen MR) is 103 cm³/mol. The van der Waals surface area contributed by atoms with Gasteiger partial charge in [-0.2, -0.15) is 0 Å². The summed E-state index contributed by atoms with van der Waals surface area (Å²) < 4.78 is 5.04. The number of piperidine rings is 1. The van der Waals surface area contributed by atoms with Crippen molar-refractivity contribution in [1.29, 1.82) is 0 Å². The van der Waals surface area contributed by atoms with Gasteiger partial charge in [-0.05, 0) is 31.9 Å². The molecule has 1 N–H and O–H groups in total. The van der Waals surface area contributed by atoms with Gasteiger partial charge in [-0.25, -0.2) is 4.79 Å². The van der Waals surface area contributed by atoms with Gasteiger partial charge in [0.15, 0.2) is 0 Å². The molecule has 0 radical (unpaired) electrons. The zero-order chi connectivity index (χ0) is 19.9. The molecular weight excluding hydrogens is 362 g/mol. The molecule has 152 valence electrons. The van der Waals surface area contributed by atoms with E-state index in [0.29, 0.717) is 51.6 Å². The van der Waals surface area contributed by atoms with Crippen LogP contribution in [-0.4, -0.2) is 90.0 Å². The summed E-state index contributed by atoms with van der Waals surface area (Å²) >= 11 is 0. The third kappa shape index (κ3) is 4.90. The lowest BCUT2D eigenvalue weighted by molar-refractivity contribution is -0.119. The molecule has 0 aliphatic carbocycles. The van der Waals surface area contributed by atoms with Gasteiger partial charge < -0.3 is 24.8 Å². The first kappa shape index (κ1) is 19.9. The summed E-state index contributed by atoms with van der Waals surface area (Å²) in [5, 5.41) is 3.44. The zero-order valence-electron chi connectivity index (χ0n) is 16.2. The number of aromatic nitrogens is 1. The summed E-state index contributed by atoms with van der Waals surface area (Å²) in [6.45, 7) is 5.61. The van der Waals surface area contributed by atoms with Gasteiger partial charge in [0.2, 0.25) is 6.41 Å². The van der Waals surface area contributed by atoms with E-state index in [0.717, 1.165) is 24.9 Å². The number of rotatable bonds is 5. The quantitative estimate of drug-likeness (QED) is 0.756. The molecule has 0 saturated carbocycles. The lowest BCUT2D eigenvalue weighted by Crippen LogP contribution is -2.48. The molecular formula is C19H27N5O4. The standard InChI is InChI=1S/C19H27N5O4/c1-2-28-19(27)24-7-4-15(5-8-24)21-16-3-6-20-17(13-16)18(26)23-11-9-22(14-25)10-12-23/h3,6,13-15H,2,4-5,7-12H2,1H3,(H,20,21). The Labute approximate surface area is 164 Å². The van der Waals surface area contributed by atoms with Crippen molar-refractivity contribution in [3.8, 4) is 0 Å². The number of hydrogen-bond acceptors (Lipinski definition) is 6. The topological polar surface area (TPSA) is 95.1 Å². The number of hydrogen-bond donors (Lipinski definition) is 1. The average Bonchev–Trinajstić information content (AvgIpc) is 2.74. The van der Waals surface area contributed by atoms with E-state index < -0.39 is 0 Å². The predicted octanol–water partition coefficient (Wildman–Crippen LogP) is 1.03. The van der Waals surface area contributed by atoms with Gasteiger partial charge in [-0.1, -0.05) is 0 Å². The van der Waals surface area contributed by atoms with Crippen LogP contribution in [0.1, 0.15) is 30.3 Å². The van der Waals surface area contributed by atoms with Crippen molar-refractivity contribution in [1.82, 2.24) is 19.7 Å². The largest absolute Gasteiger partial charge is 0.450 e. The second-order valence-corrected chi connectivity index (χ2v) is 6.97. The third-order valence-electron chi connectivity index (χ3n) is 5.12. The number of anilines is 1. The van der Waals surface area contributed by atoms with Gasteiger partial charge >= 0.3 is 6.09 Å². The summed E-state index contributed by atoms with van der Waals surface area (Å²) in [5.74, 6) is -0.119. The maximum absolute atomic E-state index is 12.7. The molecule has 1 aromatic heterocycles. The van der Waals surface area contributed by atoms with Gasteiger partial charge in [-0.3, -0.25) is 14.6 Å². The van der Waals surface area contributed by atoms with Crippen molar-refractivity contribution in [3.63, 3.8) is 0 Å². The Bertz CT molecular complexity index is 697. The Hall–Kier alpha value is -2.84. The lowest BCUT2D eigenvalue weighted by atomic mass is 10.1. The molecule has 2 saturated heterocycles. The van der Waals surface area contributed by atoms with Crippen molar-refractivity contribution < 1.29 is 19.1 Å². The SMILES string of the molecule is CCOC(=O)N1CCC(Nc2ccnc(C(=O)N3CCN(C=O)CC3)c2)CC1. The van der Waals surface area contributed by atoms with Crippen LogP contribution in [0.4, 0.5) is 10.5 Å². The first-order chi connectivity index (χ1) is 13.6. The molecule has 1 aromatic rings. The minimum Gasteiger partial charge on any atom is -0.450 e. The molecule has 0 atom stereocenters. The number of nitrogens with zero attached hydrogens (tertiary/aromatic N) is 4. The highest BCUT2D eigenvalue weighted by Gasteiger charge is 2.25. The lowest BCUT2D eigenvalue weighted by Gasteiger charge is -2.33. The van der Waals surface area contributed by atoms with Gasteiger partial charge in [0.25, 0.3) is 5.91 Å². The van der Waals surface area contributed by atoms with Crippen LogP contribution in [0.3, 0.4) is 0 Å². The molecule has 9 heteroatoms. The van der Waals surface area contributed by atoms with E-state index in [2.05, 4.69) is 10.3 Å². The van der Waals surface area contributed by atoms with Crippen LogP contribution in [0, 0.1) is 0 Å². The fourth-order valence-electron chi connectivity index (χ4n) is 3.49. The third-order valence-corrected chi connectivity index (χ3v) is 5.12. The van der Waals surface area contributed by atoms with Gasteiger partial charge in [0.05, 0.1) is 6.61 Å². The second-order valence-electron chi connectivity index (χ2n) is 6.97. The molecule has 2 aliphatic heterocycles. The van der Waals surface area contributed by atoms with Crippen molar-refractivity contribution in [2.45, 2.75) is 25.8 Å². The number of carbonyl (C=O) groups is 3. The average molecular weight is 389 g/mol. The fraction of sp³-hybridized carbons (Fsp3) is 0.579. The summed E-state index contributed by atoms with van der Waals surface area (Å²) in [4.78, 5) is 44.6. The number of ether oxygens (including phenoxy) is 1. The normalized spacial score (nSPS) is 18.0. The van der Waals surface area contributed by atoms with E-state index >= 15 is 0 Å². The highest BCUT2D eigenvalue weighted by molar-refractivity contribution is 5.93. The van der Waals surface area contributed by atoms with E-state index in [-0.39, 0.29) is 18.0 Å². The van der Waals surface area contributed by atoms with Crippen molar-refractivity contribution >= 4 is 24.1 Å². The van der Waals surface area contributed by atoms with Crippen LogP contribution >= 0.6 is 0 Å². The Morgan fingerprint density at radius 3 is 2.54 bits per heavy atom. The number of piperazine rings is 1. The first-order valence-electron chi connectivity index (χ1n) is 9.73. The smallest absolute Gasteiger partial charge is 0.409 e. The minimum atomic E-state index is -0.257. The molecule has 3 rings (SSSR count). The van der Waals surface area contributed by atoms with Crippen LogP contribution in [0.5, 0.6) is 0 Å². The molecule has 2 fully saturated rings. The second kappa shape index (κ2) is 9.38. The Balaban J connectivity index is 1.53. The Morgan fingerprint density at radius 1 is 1.18 bits per heavy atom. The highest BCUT2D eigenvalue weighted by Crippen LogP contribution is 2.18. The van der Waals surface area contributed by atoms with Gasteiger partial charge in [-0.15, -0.1) is 0 Å². The molecule has 9 nitrogen and oxygen atoms in total. The van der Waals surface area contributed by atoms with E-state index in [4.69, 9.17) is 4.74 Å². The summed E-state index contributed by atoms with van der Waals surface area (Å²) in [5.41, 5.74) is 1.24. The number of pyridine rings is 1. The van der Waals surface area contributed by atoms with E-state index in [1.165, 1.54) is 0 Å². The van der Waals surface area contributed by atoms with E-state index in [1.807, 2.05) is 6.07 Å². The molecule has 3 heterocycles. The van der Waals surface area contributed by atoms with Crippen LogP contribution in [0.2, 0.25) is 0 Å². The number of amides is 3. The molecule has 0 unspecified atom stereocenters. The Kier molecular flexibility index (Phi) is 6.67. The number of likely N-dealkylation sites (tertiary alicyclic amines) is 1. The zero-order valence-corrected chi connectivity index (χ0v) is 16.2. The fourth-order valence-corrected chi connectivity index (χ4v) is 3.49. The molecule has 3 amide bonds. The summed E-state index contributed by atoms with van der Waals surface area (Å²) in [7, 11) is 0. The van der Waals surface area contributed by atoms with Crippen LogP contribution < -0.4 is 5.32 Å². The van der Waals surface area contributed by atoms with Crippen molar-refractivity contribution in [2.75, 3.05) is 51.2 Å². The maximum Gasteiger partial charge on any atom is 0.409 e. The first-order valence-corrected chi connectivity index (χ1v) is 9.73. The molecule has 0 spiro atoms. The van der Waals surface area contributed by atoms with Crippen LogP contribution in [0.25, 0.3) is 0 Å². The van der Waals surface area contributed by atoms with Gasteiger partial charge in [0.1, 0.15) is 5.69 Å². The molecule has 2 aliphatic rings. The molecule has 28 heavy (non-hydrogen) atoms. The Morgan fingerprint density at radius 2 is 1.89 bits per heavy atom. The van der Waals surface area contributed by atoms with Crippen LogP contribution in [0.15, 0.2) is 18.3 Å². The minimum absolute atomic E-state index is 0.119. The van der Waals surface area contributed by atoms with Crippen molar-refractivity contribution in [2.24, 2.45) is 0 Å². The summed E-state index contributed by atoms with van der Waals surface area (Å²) in [6.07, 6.45) is 3.83. The number of nitrogens with one attached hydrogen (secondary N) is 1. The maximum atomic E-state index is 12.7. The van der Waals surface area contributed by atoms with E-state index in [9.17, 15) is 14.4 Å². The molecule has 0 aromatic carbocycles.